The highest BCUT2D eigenvalue weighted by Gasteiger charge is 2.29. The molecule has 1 aliphatic rings. The van der Waals surface area contributed by atoms with E-state index in [0.29, 0.717) is 28.8 Å². The number of likely N-dealkylation sites (tertiary alicyclic amines) is 1. The van der Waals surface area contributed by atoms with Gasteiger partial charge in [-0.25, -0.2) is 0 Å². The van der Waals surface area contributed by atoms with Crippen LogP contribution in [0.4, 0.5) is 5.69 Å². The van der Waals surface area contributed by atoms with Crippen molar-refractivity contribution in [1.82, 2.24) is 4.90 Å². The summed E-state index contributed by atoms with van der Waals surface area (Å²) in [6, 6.07) is 9.76. The molecule has 1 aliphatic heterocycles. The molecular formula is C26H35ClN2O4. The van der Waals surface area contributed by atoms with E-state index in [9.17, 15) is 4.79 Å². The SMILES string of the molecule is COc1ccc(CCCN2CCC(C(CC=O)c3cc(Cl)c(N)cc3OC)CC2)cc1OC. The number of aryl methyl sites for hydroxylation is 1. The Kier molecular flexibility index (Phi) is 9.27. The lowest BCUT2D eigenvalue weighted by Crippen LogP contribution is -2.36. The number of nitrogens with two attached hydrogens (primary N) is 1. The van der Waals surface area contributed by atoms with E-state index < -0.39 is 0 Å². The summed E-state index contributed by atoms with van der Waals surface area (Å²) in [5.41, 5.74) is 8.68. The van der Waals surface area contributed by atoms with E-state index in [1.165, 1.54) is 5.56 Å². The summed E-state index contributed by atoms with van der Waals surface area (Å²) < 4.78 is 16.3. The molecule has 0 aliphatic carbocycles. The monoisotopic (exact) mass is 474 g/mol. The minimum atomic E-state index is 0.0875. The number of methoxy groups -OCH3 is 3. The molecule has 0 aromatic heterocycles. The molecule has 1 fully saturated rings. The van der Waals surface area contributed by atoms with Crippen molar-refractivity contribution >= 4 is 23.6 Å². The maximum Gasteiger partial charge on any atom is 0.160 e. The van der Waals surface area contributed by atoms with E-state index in [2.05, 4.69) is 17.0 Å². The third-order valence-electron chi connectivity index (χ3n) is 6.69. The van der Waals surface area contributed by atoms with Crippen LogP contribution in [0.3, 0.4) is 0 Å². The van der Waals surface area contributed by atoms with Crippen molar-refractivity contribution in [2.75, 3.05) is 46.7 Å². The van der Waals surface area contributed by atoms with Crippen LogP contribution < -0.4 is 19.9 Å². The molecule has 0 bridgehead atoms. The van der Waals surface area contributed by atoms with Crippen LogP contribution in [0.1, 0.15) is 42.7 Å². The first-order valence-electron chi connectivity index (χ1n) is 11.5. The molecule has 2 aromatic carbocycles. The molecule has 1 saturated heterocycles. The lowest BCUT2D eigenvalue weighted by molar-refractivity contribution is -0.108. The minimum absolute atomic E-state index is 0.0875. The molecule has 6 nitrogen and oxygen atoms in total. The van der Waals surface area contributed by atoms with Crippen LogP contribution in [0.25, 0.3) is 0 Å². The zero-order valence-corrected chi connectivity index (χ0v) is 20.6. The first-order valence-corrected chi connectivity index (χ1v) is 11.9. The quantitative estimate of drug-likeness (QED) is 0.366. The Hall–Kier alpha value is -2.44. The first kappa shape index (κ1) is 25.2. The average molecular weight is 475 g/mol. The van der Waals surface area contributed by atoms with Gasteiger partial charge in [0.25, 0.3) is 0 Å². The van der Waals surface area contributed by atoms with Crippen molar-refractivity contribution in [3.8, 4) is 17.2 Å². The number of aldehydes is 1. The Morgan fingerprint density at radius 2 is 1.76 bits per heavy atom. The van der Waals surface area contributed by atoms with E-state index in [1.807, 2.05) is 12.1 Å². The van der Waals surface area contributed by atoms with Gasteiger partial charge in [0.2, 0.25) is 0 Å². The lowest BCUT2D eigenvalue weighted by atomic mass is 9.78. The number of benzene rings is 2. The van der Waals surface area contributed by atoms with Gasteiger partial charge in [-0.2, -0.15) is 0 Å². The molecule has 3 rings (SSSR count). The van der Waals surface area contributed by atoms with Crippen LogP contribution in [0.2, 0.25) is 5.02 Å². The fourth-order valence-corrected chi connectivity index (χ4v) is 5.02. The maximum atomic E-state index is 11.5. The van der Waals surface area contributed by atoms with Crippen molar-refractivity contribution in [2.24, 2.45) is 5.92 Å². The maximum absolute atomic E-state index is 11.5. The fraction of sp³-hybridized carbons (Fsp3) is 0.500. The summed E-state index contributed by atoms with van der Waals surface area (Å²) in [5, 5.41) is 0.509. The van der Waals surface area contributed by atoms with Gasteiger partial charge in [-0.3, -0.25) is 0 Å². The Labute approximate surface area is 201 Å². The van der Waals surface area contributed by atoms with Gasteiger partial charge in [-0.15, -0.1) is 0 Å². The van der Waals surface area contributed by atoms with Crippen LogP contribution >= 0.6 is 11.6 Å². The van der Waals surface area contributed by atoms with Crippen LogP contribution in [-0.2, 0) is 11.2 Å². The Balaban J connectivity index is 1.56. The molecule has 2 N–H and O–H groups in total. The number of nitrogen functional groups attached to an aromatic ring is 1. The van der Waals surface area contributed by atoms with Crippen LogP contribution in [0, 0.1) is 5.92 Å². The van der Waals surface area contributed by atoms with E-state index in [1.54, 1.807) is 27.4 Å². The summed E-state index contributed by atoms with van der Waals surface area (Å²) in [6.45, 7) is 3.10. The fourth-order valence-electron chi connectivity index (χ4n) is 4.85. The molecule has 2 aromatic rings. The predicted molar refractivity (Wildman–Crippen MR) is 133 cm³/mol. The summed E-state index contributed by atoms with van der Waals surface area (Å²) in [6.07, 6.45) is 5.62. The molecule has 1 atom stereocenters. The van der Waals surface area contributed by atoms with Crippen molar-refractivity contribution in [3.05, 3.63) is 46.5 Å². The largest absolute Gasteiger partial charge is 0.496 e. The van der Waals surface area contributed by atoms with Gasteiger partial charge in [-0.1, -0.05) is 17.7 Å². The molecule has 1 heterocycles. The second-order valence-electron chi connectivity index (χ2n) is 8.60. The van der Waals surface area contributed by atoms with Gasteiger partial charge in [0.05, 0.1) is 32.0 Å². The number of anilines is 1. The number of piperidine rings is 1. The smallest absolute Gasteiger partial charge is 0.160 e. The highest BCUT2D eigenvalue weighted by Crippen LogP contribution is 2.41. The normalized spacial score (nSPS) is 15.8. The number of ether oxygens (including phenoxy) is 3. The number of rotatable bonds is 11. The van der Waals surface area contributed by atoms with Crippen molar-refractivity contribution in [3.63, 3.8) is 0 Å². The van der Waals surface area contributed by atoms with E-state index in [4.69, 9.17) is 31.5 Å². The van der Waals surface area contributed by atoms with E-state index in [-0.39, 0.29) is 5.92 Å². The summed E-state index contributed by atoms with van der Waals surface area (Å²) in [7, 11) is 4.95. The first-order chi connectivity index (χ1) is 16.0. The molecule has 0 amide bonds. The lowest BCUT2D eigenvalue weighted by Gasteiger charge is -2.36. The van der Waals surface area contributed by atoms with Crippen molar-refractivity contribution in [2.45, 2.75) is 38.0 Å². The molecular weight excluding hydrogens is 440 g/mol. The molecule has 0 saturated carbocycles. The van der Waals surface area contributed by atoms with Gasteiger partial charge >= 0.3 is 0 Å². The van der Waals surface area contributed by atoms with E-state index in [0.717, 1.165) is 68.7 Å². The van der Waals surface area contributed by atoms with Gasteiger partial charge in [0, 0.05) is 12.5 Å². The third-order valence-corrected chi connectivity index (χ3v) is 7.02. The minimum Gasteiger partial charge on any atom is -0.496 e. The number of nitrogens with zero attached hydrogens (tertiary/aromatic N) is 1. The van der Waals surface area contributed by atoms with Crippen LogP contribution in [-0.4, -0.2) is 52.1 Å². The third kappa shape index (κ3) is 6.33. The van der Waals surface area contributed by atoms with Gasteiger partial charge < -0.3 is 29.6 Å². The van der Waals surface area contributed by atoms with E-state index >= 15 is 0 Å². The van der Waals surface area contributed by atoms with Crippen molar-refractivity contribution < 1.29 is 19.0 Å². The molecule has 1 unspecified atom stereocenters. The summed E-state index contributed by atoms with van der Waals surface area (Å²) in [5.74, 6) is 2.74. The summed E-state index contributed by atoms with van der Waals surface area (Å²) in [4.78, 5) is 14.0. The van der Waals surface area contributed by atoms with Gasteiger partial charge in [0.15, 0.2) is 11.5 Å². The molecule has 0 radical (unpaired) electrons. The molecule has 180 valence electrons. The van der Waals surface area contributed by atoms with Crippen LogP contribution in [0.15, 0.2) is 30.3 Å². The Morgan fingerprint density at radius 3 is 2.39 bits per heavy atom. The number of carbonyl (C=O) groups is 1. The number of hydrogen-bond donors (Lipinski definition) is 1. The predicted octanol–water partition coefficient (Wildman–Crippen LogP) is 4.97. The van der Waals surface area contributed by atoms with Crippen molar-refractivity contribution in [1.29, 1.82) is 0 Å². The van der Waals surface area contributed by atoms with Gasteiger partial charge in [-0.05, 0) is 86.5 Å². The number of hydrogen-bond acceptors (Lipinski definition) is 6. The van der Waals surface area contributed by atoms with Gasteiger partial charge in [0.1, 0.15) is 12.0 Å². The molecule has 0 spiro atoms. The second-order valence-corrected chi connectivity index (χ2v) is 9.00. The highest BCUT2D eigenvalue weighted by molar-refractivity contribution is 6.33. The van der Waals surface area contributed by atoms with Crippen LogP contribution in [0.5, 0.6) is 17.2 Å². The molecule has 33 heavy (non-hydrogen) atoms. The zero-order chi connectivity index (χ0) is 23.8. The standard InChI is InChI=1S/C26H35ClN2O4/c1-31-24-7-6-18(15-26(24)33-3)5-4-11-29-12-8-19(9-13-29)20(10-14-30)21-16-22(27)23(28)17-25(21)32-2/h6-7,14-17,19-20H,4-5,8-13,28H2,1-3H3. The molecule has 7 heteroatoms. The second kappa shape index (κ2) is 12.1. The highest BCUT2D eigenvalue weighted by atomic mass is 35.5. The zero-order valence-electron chi connectivity index (χ0n) is 19.8. The topological polar surface area (TPSA) is 74.0 Å². The summed E-state index contributed by atoms with van der Waals surface area (Å²) >= 11 is 6.30. The number of carbonyl (C=O) groups excluding carboxylic acids is 1. The average Bonchev–Trinajstić information content (AvgIpc) is 2.84. The Bertz CT molecular complexity index is 929. The number of halogens is 1. The Morgan fingerprint density at radius 1 is 1.06 bits per heavy atom.